The third-order valence-electron chi connectivity index (χ3n) is 3.70. The van der Waals surface area contributed by atoms with E-state index in [1.165, 1.54) is 6.20 Å². The molecule has 8 heteroatoms. The number of hydrogen-bond donors (Lipinski definition) is 1. The molecular weight excluding hydrogens is 344 g/mol. The Morgan fingerprint density at radius 3 is 3.04 bits per heavy atom. The summed E-state index contributed by atoms with van der Waals surface area (Å²) < 4.78 is 0. The Morgan fingerprint density at radius 1 is 1.46 bits per heavy atom. The van der Waals surface area contributed by atoms with Gasteiger partial charge in [0.05, 0.1) is 22.1 Å². The largest absolute Gasteiger partial charge is 0.354 e. The summed E-state index contributed by atoms with van der Waals surface area (Å²) >= 11 is 3.19. The number of thiazole rings is 1. The summed E-state index contributed by atoms with van der Waals surface area (Å²) in [5, 5.41) is 5.95. The van der Waals surface area contributed by atoms with Gasteiger partial charge >= 0.3 is 0 Å². The van der Waals surface area contributed by atoms with E-state index in [-0.39, 0.29) is 11.8 Å². The number of amides is 2. The monoisotopic (exact) mass is 362 g/mol. The van der Waals surface area contributed by atoms with Gasteiger partial charge < -0.3 is 10.2 Å². The maximum absolute atomic E-state index is 12.5. The van der Waals surface area contributed by atoms with Crippen molar-refractivity contribution in [1.82, 2.24) is 20.2 Å². The number of pyridine rings is 1. The van der Waals surface area contributed by atoms with Crippen LogP contribution in [0.3, 0.4) is 0 Å². The molecule has 1 N–H and O–H groups in total. The summed E-state index contributed by atoms with van der Waals surface area (Å²) in [5.41, 5.74) is 1.50. The van der Waals surface area contributed by atoms with Crippen LogP contribution in [-0.4, -0.2) is 50.9 Å². The van der Waals surface area contributed by atoms with Crippen LogP contribution in [0.4, 0.5) is 0 Å². The third kappa shape index (κ3) is 3.93. The summed E-state index contributed by atoms with van der Waals surface area (Å²) in [7, 11) is 0. The Hall–Kier alpha value is -1.93. The Bertz CT molecular complexity index is 720. The number of hydrogen-bond acceptors (Lipinski definition) is 6. The van der Waals surface area contributed by atoms with Gasteiger partial charge in [-0.05, 0) is 19.1 Å². The van der Waals surface area contributed by atoms with Crippen molar-refractivity contribution in [2.24, 2.45) is 0 Å². The lowest BCUT2D eigenvalue weighted by Crippen LogP contribution is -2.47. The van der Waals surface area contributed by atoms with E-state index < -0.39 is 6.04 Å². The van der Waals surface area contributed by atoms with Crippen molar-refractivity contribution in [3.8, 4) is 0 Å². The van der Waals surface area contributed by atoms with E-state index in [0.717, 1.165) is 10.7 Å². The van der Waals surface area contributed by atoms with E-state index in [2.05, 4.69) is 15.3 Å². The molecule has 6 nitrogen and oxygen atoms in total. The molecule has 0 radical (unpaired) electrons. The number of aromatic nitrogens is 2. The Labute approximate surface area is 148 Å². The second-order valence-corrected chi connectivity index (χ2v) is 7.49. The van der Waals surface area contributed by atoms with Crippen molar-refractivity contribution in [2.75, 3.05) is 18.2 Å². The zero-order valence-corrected chi connectivity index (χ0v) is 14.9. The molecule has 3 heterocycles. The maximum Gasteiger partial charge on any atom is 0.256 e. The van der Waals surface area contributed by atoms with E-state index in [1.807, 2.05) is 12.3 Å². The van der Waals surface area contributed by atoms with Gasteiger partial charge in [0, 0.05) is 36.5 Å². The molecule has 0 aromatic carbocycles. The smallest absolute Gasteiger partial charge is 0.256 e. The third-order valence-corrected chi connectivity index (χ3v) is 5.54. The summed E-state index contributed by atoms with van der Waals surface area (Å²) in [6.07, 6.45) is 3.86. The minimum absolute atomic E-state index is 0.107. The maximum atomic E-state index is 12.5. The molecule has 0 bridgehead atoms. The summed E-state index contributed by atoms with van der Waals surface area (Å²) in [6.45, 7) is 2.49. The molecule has 24 heavy (non-hydrogen) atoms. The van der Waals surface area contributed by atoms with E-state index in [9.17, 15) is 9.59 Å². The molecule has 2 amide bonds. The number of rotatable bonds is 5. The van der Waals surface area contributed by atoms with Crippen LogP contribution in [0, 0.1) is 6.92 Å². The fourth-order valence-corrected chi connectivity index (χ4v) is 4.27. The SMILES string of the molecule is Cc1nc(CCNC(=O)[C@H]2CSCN2C(=O)c2cccnc2)cs1. The van der Waals surface area contributed by atoms with E-state index in [1.54, 1.807) is 46.3 Å². The van der Waals surface area contributed by atoms with Crippen molar-refractivity contribution in [3.63, 3.8) is 0 Å². The summed E-state index contributed by atoms with van der Waals surface area (Å²) in [6, 6.07) is 3.01. The fourth-order valence-electron chi connectivity index (χ4n) is 2.47. The molecule has 1 aliphatic heterocycles. The predicted octanol–water partition coefficient (Wildman–Crippen LogP) is 1.72. The fraction of sp³-hybridized carbons (Fsp3) is 0.375. The molecule has 2 aromatic rings. The van der Waals surface area contributed by atoms with Gasteiger partial charge in [0.1, 0.15) is 6.04 Å². The van der Waals surface area contributed by atoms with Crippen LogP contribution in [0.1, 0.15) is 21.1 Å². The lowest BCUT2D eigenvalue weighted by atomic mass is 10.2. The quantitative estimate of drug-likeness (QED) is 0.877. The van der Waals surface area contributed by atoms with Gasteiger partial charge in [-0.25, -0.2) is 4.98 Å². The normalized spacial score (nSPS) is 17.0. The first-order chi connectivity index (χ1) is 11.6. The van der Waals surface area contributed by atoms with Gasteiger partial charge in [0.2, 0.25) is 5.91 Å². The number of carbonyl (C=O) groups is 2. The zero-order chi connectivity index (χ0) is 16.9. The Balaban J connectivity index is 1.56. The first-order valence-electron chi connectivity index (χ1n) is 7.62. The average Bonchev–Trinajstić information content (AvgIpc) is 3.24. The Morgan fingerprint density at radius 2 is 2.33 bits per heavy atom. The average molecular weight is 362 g/mol. The van der Waals surface area contributed by atoms with Crippen LogP contribution in [0.15, 0.2) is 29.9 Å². The highest BCUT2D eigenvalue weighted by Gasteiger charge is 2.34. The first kappa shape index (κ1) is 16.9. The lowest BCUT2D eigenvalue weighted by molar-refractivity contribution is -0.124. The molecule has 3 rings (SSSR count). The Kier molecular flexibility index (Phi) is 5.47. The molecule has 0 saturated carbocycles. The van der Waals surface area contributed by atoms with Crippen LogP contribution >= 0.6 is 23.1 Å². The highest BCUT2D eigenvalue weighted by Crippen LogP contribution is 2.23. The van der Waals surface area contributed by atoms with Crippen LogP contribution in [0.25, 0.3) is 0 Å². The second kappa shape index (κ2) is 7.76. The lowest BCUT2D eigenvalue weighted by Gasteiger charge is -2.23. The highest BCUT2D eigenvalue weighted by atomic mass is 32.2. The van der Waals surface area contributed by atoms with Crippen LogP contribution in [-0.2, 0) is 11.2 Å². The van der Waals surface area contributed by atoms with E-state index in [0.29, 0.717) is 30.2 Å². The predicted molar refractivity (Wildman–Crippen MR) is 95.1 cm³/mol. The van der Waals surface area contributed by atoms with Gasteiger partial charge in [0.25, 0.3) is 5.91 Å². The topological polar surface area (TPSA) is 75.2 Å². The molecule has 0 unspecified atom stereocenters. The number of nitrogens with one attached hydrogen (secondary N) is 1. The summed E-state index contributed by atoms with van der Waals surface area (Å²) in [5.74, 6) is 0.887. The molecule has 1 atom stereocenters. The van der Waals surface area contributed by atoms with Crippen molar-refractivity contribution in [3.05, 3.63) is 46.2 Å². The zero-order valence-electron chi connectivity index (χ0n) is 13.3. The minimum atomic E-state index is -0.431. The molecule has 0 aliphatic carbocycles. The minimum Gasteiger partial charge on any atom is -0.354 e. The molecule has 1 fully saturated rings. The van der Waals surface area contributed by atoms with Crippen molar-refractivity contribution >= 4 is 34.9 Å². The second-order valence-electron chi connectivity index (χ2n) is 5.43. The van der Waals surface area contributed by atoms with Crippen molar-refractivity contribution in [1.29, 1.82) is 0 Å². The molecule has 1 saturated heterocycles. The van der Waals surface area contributed by atoms with Gasteiger partial charge in [-0.15, -0.1) is 23.1 Å². The van der Waals surface area contributed by atoms with E-state index >= 15 is 0 Å². The van der Waals surface area contributed by atoms with Gasteiger partial charge in [0.15, 0.2) is 0 Å². The molecular formula is C16H18N4O2S2. The molecule has 126 valence electrons. The highest BCUT2D eigenvalue weighted by molar-refractivity contribution is 7.99. The van der Waals surface area contributed by atoms with Gasteiger partial charge in [-0.3, -0.25) is 14.6 Å². The van der Waals surface area contributed by atoms with Crippen LogP contribution in [0.2, 0.25) is 0 Å². The number of thioether (sulfide) groups is 1. The van der Waals surface area contributed by atoms with Crippen molar-refractivity contribution in [2.45, 2.75) is 19.4 Å². The molecule has 2 aromatic heterocycles. The van der Waals surface area contributed by atoms with Gasteiger partial charge in [-0.1, -0.05) is 0 Å². The van der Waals surface area contributed by atoms with Gasteiger partial charge in [-0.2, -0.15) is 0 Å². The van der Waals surface area contributed by atoms with Crippen LogP contribution in [0.5, 0.6) is 0 Å². The molecule has 0 spiro atoms. The standard InChI is InChI=1S/C16H18N4O2S2/c1-11-19-13(8-24-11)4-6-18-15(21)14-9-23-10-20(14)16(22)12-3-2-5-17-7-12/h2-3,5,7-8,14H,4,6,9-10H2,1H3,(H,18,21)/t14-/m1/s1. The molecule has 1 aliphatic rings. The summed E-state index contributed by atoms with van der Waals surface area (Å²) in [4.78, 5) is 34.9. The first-order valence-corrected chi connectivity index (χ1v) is 9.66. The number of carbonyl (C=O) groups excluding carboxylic acids is 2. The number of nitrogens with zero attached hydrogens (tertiary/aromatic N) is 3. The van der Waals surface area contributed by atoms with Crippen molar-refractivity contribution < 1.29 is 9.59 Å². The van der Waals surface area contributed by atoms with Crippen LogP contribution < -0.4 is 5.32 Å². The van der Waals surface area contributed by atoms with E-state index in [4.69, 9.17) is 0 Å². The number of aryl methyl sites for hydroxylation is 1.